The fourth-order valence-corrected chi connectivity index (χ4v) is 1.32. The van der Waals surface area contributed by atoms with Crippen molar-refractivity contribution in [2.45, 2.75) is 12.8 Å². The van der Waals surface area contributed by atoms with Crippen molar-refractivity contribution in [3.8, 4) is 0 Å². The van der Waals surface area contributed by atoms with E-state index in [0.717, 1.165) is 0 Å². The molecule has 0 atom stereocenters. The molecule has 0 aliphatic heterocycles. The summed E-state index contributed by atoms with van der Waals surface area (Å²) in [5, 5.41) is 0. The van der Waals surface area contributed by atoms with E-state index in [1.54, 1.807) is 22.3 Å². The summed E-state index contributed by atoms with van der Waals surface area (Å²) < 4.78 is 0. The fraction of sp³-hybridized carbons (Fsp3) is 0.250. The monoisotopic (exact) mass is 102 g/mol. The minimum atomic E-state index is 1.28. The third-order valence-electron chi connectivity index (χ3n) is 2.03. The molecule has 0 saturated heterocycles. The van der Waals surface area contributed by atoms with Gasteiger partial charge in [0.2, 0.25) is 0 Å². The van der Waals surface area contributed by atoms with E-state index in [4.69, 9.17) is 0 Å². The molecule has 1 aromatic rings. The van der Waals surface area contributed by atoms with Crippen molar-refractivity contribution in [3.63, 3.8) is 0 Å². The number of hydrogen-bond acceptors (Lipinski definition) is 0. The first-order valence-electron chi connectivity index (χ1n) is 3.07. The maximum absolute atomic E-state index is 2.35. The molecule has 0 amide bonds. The van der Waals surface area contributed by atoms with Gasteiger partial charge in [-0.2, -0.15) is 0 Å². The minimum Gasteiger partial charge on any atom is -0.0546 e. The Labute approximate surface area is 48.1 Å². The lowest BCUT2D eigenvalue weighted by Gasteiger charge is -1.68. The number of benzene rings is 1. The van der Waals surface area contributed by atoms with Crippen LogP contribution in [0.3, 0.4) is 0 Å². The zero-order valence-electron chi connectivity index (χ0n) is 4.57. The van der Waals surface area contributed by atoms with Crippen LogP contribution in [0.4, 0.5) is 0 Å². The van der Waals surface area contributed by atoms with Crippen molar-refractivity contribution in [3.05, 3.63) is 34.4 Å². The fourth-order valence-electron chi connectivity index (χ4n) is 1.32. The summed E-state index contributed by atoms with van der Waals surface area (Å²) in [6, 6.07) is 4.70. The molecule has 2 aliphatic carbocycles. The molecule has 0 nitrogen and oxygen atoms in total. The van der Waals surface area contributed by atoms with Gasteiger partial charge in [0.15, 0.2) is 0 Å². The molecule has 0 heterocycles. The number of hydrogen-bond donors (Lipinski definition) is 0. The van der Waals surface area contributed by atoms with Crippen molar-refractivity contribution in [1.82, 2.24) is 0 Å². The quantitative estimate of drug-likeness (QED) is 0.403. The van der Waals surface area contributed by atoms with Gasteiger partial charge in [0, 0.05) is 0 Å². The topological polar surface area (TPSA) is 0 Å². The molecule has 0 bridgehead atoms. The summed E-state index contributed by atoms with van der Waals surface area (Å²) in [5.74, 6) is 0. The third kappa shape index (κ3) is 0.252. The lowest BCUT2D eigenvalue weighted by Crippen LogP contribution is -1.49. The van der Waals surface area contributed by atoms with Gasteiger partial charge >= 0.3 is 0 Å². The molecule has 0 heteroatoms. The van der Waals surface area contributed by atoms with Crippen LogP contribution in [0, 0.1) is 0 Å². The molecule has 0 fully saturated rings. The maximum atomic E-state index is 2.35. The average Bonchev–Trinajstić information content (AvgIpc) is 2.45. The van der Waals surface area contributed by atoms with Crippen molar-refractivity contribution >= 4 is 0 Å². The van der Waals surface area contributed by atoms with Crippen molar-refractivity contribution < 1.29 is 0 Å². The molecule has 1 aromatic carbocycles. The van der Waals surface area contributed by atoms with E-state index >= 15 is 0 Å². The smallest absolute Gasteiger partial charge is 0.00199 e. The zero-order chi connectivity index (χ0) is 5.14. The maximum Gasteiger partial charge on any atom is -0.00199 e. The first-order valence-corrected chi connectivity index (χ1v) is 3.07. The Morgan fingerprint density at radius 1 is 0.750 bits per heavy atom. The molecule has 0 aromatic heterocycles. The van der Waals surface area contributed by atoms with Crippen LogP contribution in [0.5, 0.6) is 0 Å². The minimum absolute atomic E-state index is 1.28. The van der Waals surface area contributed by atoms with E-state index in [1.165, 1.54) is 12.8 Å². The Hall–Kier alpha value is -0.780. The van der Waals surface area contributed by atoms with Gasteiger partial charge in [0.25, 0.3) is 0 Å². The molecule has 8 heavy (non-hydrogen) atoms. The van der Waals surface area contributed by atoms with Gasteiger partial charge in [0.1, 0.15) is 0 Å². The SMILES string of the molecule is c1c2c(cc3c1C3)C2. The van der Waals surface area contributed by atoms with E-state index in [0.29, 0.717) is 0 Å². The van der Waals surface area contributed by atoms with Crippen LogP contribution < -0.4 is 0 Å². The predicted molar refractivity (Wildman–Crippen MR) is 32.1 cm³/mol. The van der Waals surface area contributed by atoms with Crippen molar-refractivity contribution in [2.75, 3.05) is 0 Å². The van der Waals surface area contributed by atoms with Crippen LogP contribution in [0.2, 0.25) is 0 Å². The highest BCUT2D eigenvalue weighted by molar-refractivity contribution is 5.58. The predicted octanol–water partition coefficient (Wildman–Crippen LogP) is 1.50. The molecular formula is C8H6. The van der Waals surface area contributed by atoms with Crippen LogP contribution in [-0.4, -0.2) is 0 Å². The highest BCUT2D eigenvalue weighted by Gasteiger charge is 2.25. The lowest BCUT2D eigenvalue weighted by molar-refractivity contribution is 1.52. The van der Waals surface area contributed by atoms with Gasteiger partial charge in [0.05, 0.1) is 0 Å². The summed E-state index contributed by atoms with van der Waals surface area (Å²) in [6.45, 7) is 0. The normalized spacial score (nSPS) is 17.0. The highest BCUT2D eigenvalue weighted by atomic mass is 14.3. The number of rotatable bonds is 0. The van der Waals surface area contributed by atoms with Gasteiger partial charge < -0.3 is 0 Å². The van der Waals surface area contributed by atoms with Crippen molar-refractivity contribution in [2.24, 2.45) is 0 Å². The van der Waals surface area contributed by atoms with Gasteiger partial charge in [-0.3, -0.25) is 0 Å². The molecule has 0 spiro atoms. The summed E-state index contributed by atoms with van der Waals surface area (Å²) in [7, 11) is 0. The molecule has 3 rings (SSSR count). The molecule has 0 N–H and O–H groups in total. The van der Waals surface area contributed by atoms with Gasteiger partial charge in [-0.15, -0.1) is 0 Å². The van der Waals surface area contributed by atoms with Crippen molar-refractivity contribution in [1.29, 1.82) is 0 Å². The van der Waals surface area contributed by atoms with Gasteiger partial charge in [-0.05, 0) is 35.1 Å². The van der Waals surface area contributed by atoms with E-state index in [1.807, 2.05) is 0 Å². The Kier molecular flexibility index (Phi) is 0.301. The Bertz CT molecular complexity index is 219. The molecule has 0 saturated carbocycles. The summed E-state index contributed by atoms with van der Waals surface area (Å²) in [4.78, 5) is 0. The van der Waals surface area contributed by atoms with E-state index < -0.39 is 0 Å². The second kappa shape index (κ2) is 0.732. The molecule has 2 aliphatic rings. The van der Waals surface area contributed by atoms with Gasteiger partial charge in [-0.1, -0.05) is 12.1 Å². The Morgan fingerprint density at radius 2 is 1.12 bits per heavy atom. The summed E-state index contributed by atoms with van der Waals surface area (Å²) in [5.41, 5.74) is 6.39. The van der Waals surface area contributed by atoms with Gasteiger partial charge in [-0.25, -0.2) is 0 Å². The molecule has 0 radical (unpaired) electrons. The lowest BCUT2D eigenvalue weighted by atomic mass is 10.4. The van der Waals surface area contributed by atoms with E-state index in [9.17, 15) is 0 Å². The highest BCUT2D eigenvalue weighted by Crippen LogP contribution is 2.38. The second-order valence-electron chi connectivity index (χ2n) is 2.74. The van der Waals surface area contributed by atoms with E-state index in [2.05, 4.69) is 12.1 Å². The largest absolute Gasteiger partial charge is 0.0546 e. The van der Waals surface area contributed by atoms with Crippen LogP contribution in [0.15, 0.2) is 12.1 Å². The standard InChI is InChI=1S/C8H6/c1-5-3-7-2-8(7)4-6(1)5/h3-4H,1-2H2. The number of fused-ring (bicyclic) bond motifs is 2. The summed E-state index contributed by atoms with van der Waals surface area (Å²) in [6.07, 6.45) is 2.57. The Morgan fingerprint density at radius 3 is 1.50 bits per heavy atom. The summed E-state index contributed by atoms with van der Waals surface area (Å²) >= 11 is 0. The third-order valence-corrected chi connectivity index (χ3v) is 2.03. The molecular weight excluding hydrogens is 96.1 g/mol. The van der Waals surface area contributed by atoms with Crippen LogP contribution in [-0.2, 0) is 12.8 Å². The first-order chi connectivity index (χ1) is 3.93. The second-order valence-corrected chi connectivity index (χ2v) is 2.74. The van der Waals surface area contributed by atoms with Crippen LogP contribution in [0.1, 0.15) is 22.3 Å². The van der Waals surface area contributed by atoms with Crippen LogP contribution >= 0.6 is 0 Å². The van der Waals surface area contributed by atoms with E-state index in [-0.39, 0.29) is 0 Å². The molecule has 0 unspecified atom stereocenters. The Balaban J connectivity index is 2.50. The zero-order valence-corrected chi connectivity index (χ0v) is 4.57. The average molecular weight is 102 g/mol. The first kappa shape index (κ1) is 3.29. The van der Waals surface area contributed by atoms with Crippen LogP contribution in [0.25, 0.3) is 0 Å². The molecule has 38 valence electrons.